The number of aliphatic hydroxyl groups excluding tert-OH is 1. The van der Waals surface area contributed by atoms with Gasteiger partial charge in [-0.3, -0.25) is 9.59 Å². The summed E-state index contributed by atoms with van der Waals surface area (Å²) in [6.07, 6.45) is 6.76. The molecule has 3 atom stereocenters. The summed E-state index contributed by atoms with van der Waals surface area (Å²) in [5.74, 6) is 0.344. The Bertz CT molecular complexity index is 692. The molecule has 0 radical (unpaired) electrons. The maximum atomic E-state index is 13.0. The Labute approximate surface area is 161 Å². The normalized spacial score (nSPS) is 30.2. The van der Waals surface area contributed by atoms with Crippen LogP contribution in [0.15, 0.2) is 30.3 Å². The number of rotatable bonds is 6. The Kier molecular flexibility index (Phi) is 5.22. The molecule has 1 N–H and O–H groups in total. The SMILES string of the molecule is O=C1CCCCN1CCC(=O)N1[C@H]2CC[C@@H]1[C@@](CO)(Cc1ccccc1)C2. The van der Waals surface area contributed by atoms with Gasteiger partial charge in [0.1, 0.15) is 0 Å². The van der Waals surface area contributed by atoms with Crippen LogP contribution in [0.1, 0.15) is 50.5 Å². The van der Waals surface area contributed by atoms with E-state index in [9.17, 15) is 14.7 Å². The molecular formula is C22H30N2O3. The standard InChI is InChI=1S/C22H30N2O3/c25-16-22(14-17-6-2-1-3-7-17)15-18-9-10-19(22)24(18)21(27)11-13-23-12-5-4-8-20(23)26/h1-3,6-7,18-19,25H,4-5,8-16H2/t18-,19+,22-/m0/s1. The highest BCUT2D eigenvalue weighted by Gasteiger charge is 2.56. The van der Waals surface area contributed by atoms with Gasteiger partial charge >= 0.3 is 0 Å². The largest absolute Gasteiger partial charge is 0.396 e. The molecule has 4 rings (SSSR count). The monoisotopic (exact) mass is 370 g/mol. The Morgan fingerprint density at radius 2 is 2.00 bits per heavy atom. The van der Waals surface area contributed by atoms with E-state index in [1.54, 1.807) is 0 Å². The van der Waals surface area contributed by atoms with Gasteiger partial charge in [0.15, 0.2) is 0 Å². The number of carbonyl (C=O) groups excluding carboxylic acids is 2. The molecule has 3 aliphatic rings. The molecule has 2 bridgehead atoms. The minimum atomic E-state index is -0.221. The van der Waals surface area contributed by atoms with Gasteiger partial charge in [-0.1, -0.05) is 30.3 Å². The summed E-state index contributed by atoms with van der Waals surface area (Å²) in [5, 5.41) is 10.3. The molecule has 5 nitrogen and oxygen atoms in total. The van der Waals surface area contributed by atoms with Crippen LogP contribution in [0.3, 0.4) is 0 Å². The summed E-state index contributed by atoms with van der Waals surface area (Å²) in [6.45, 7) is 1.45. The molecule has 146 valence electrons. The summed E-state index contributed by atoms with van der Waals surface area (Å²) in [7, 11) is 0. The van der Waals surface area contributed by atoms with Crippen LogP contribution in [0.25, 0.3) is 0 Å². The van der Waals surface area contributed by atoms with Crippen LogP contribution in [0.5, 0.6) is 0 Å². The van der Waals surface area contributed by atoms with Crippen molar-refractivity contribution >= 4 is 11.8 Å². The number of amides is 2. The predicted molar refractivity (Wildman–Crippen MR) is 103 cm³/mol. The molecular weight excluding hydrogens is 340 g/mol. The highest BCUT2D eigenvalue weighted by Crippen LogP contribution is 2.51. The fourth-order valence-corrected chi connectivity index (χ4v) is 5.54. The summed E-state index contributed by atoms with van der Waals surface area (Å²) in [5.41, 5.74) is 1.01. The van der Waals surface area contributed by atoms with Crippen LogP contribution in [0.2, 0.25) is 0 Å². The van der Waals surface area contributed by atoms with Crippen molar-refractivity contribution < 1.29 is 14.7 Å². The van der Waals surface area contributed by atoms with Crippen LogP contribution in [-0.4, -0.2) is 58.5 Å². The summed E-state index contributed by atoms with van der Waals surface area (Å²) < 4.78 is 0. The second-order valence-electron chi connectivity index (χ2n) is 8.52. The van der Waals surface area contributed by atoms with Crippen molar-refractivity contribution in [2.24, 2.45) is 5.41 Å². The molecule has 3 aliphatic heterocycles. The van der Waals surface area contributed by atoms with Crippen molar-refractivity contribution in [3.8, 4) is 0 Å². The predicted octanol–water partition coefficient (Wildman–Crippen LogP) is 2.37. The average Bonchev–Trinajstić information content (AvgIpc) is 3.24. The highest BCUT2D eigenvalue weighted by atomic mass is 16.3. The lowest BCUT2D eigenvalue weighted by molar-refractivity contribution is -0.136. The van der Waals surface area contributed by atoms with Crippen molar-refractivity contribution in [1.29, 1.82) is 0 Å². The average molecular weight is 370 g/mol. The second-order valence-corrected chi connectivity index (χ2v) is 8.52. The van der Waals surface area contributed by atoms with E-state index in [2.05, 4.69) is 17.0 Å². The Morgan fingerprint density at radius 1 is 1.19 bits per heavy atom. The maximum Gasteiger partial charge on any atom is 0.224 e. The van der Waals surface area contributed by atoms with Gasteiger partial charge in [0.25, 0.3) is 0 Å². The number of fused-ring (bicyclic) bond motifs is 2. The van der Waals surface area contributed by atoms with Gasteiger partial charge in [0.05, 0.1) is 6.61 Å². The van der Waals surface area contributed by atoms with E-state index in [4.69, 9.17) is 0 Å². The third-order valence-electron chi connectivity index (χ3n) is 6.87. The number of likely N-dealkylation sites (tertiary alicyclic amines) is 1. The molecule has 2 amide bonds. The lowest BCUT2D eigenvalue weighted by atomic mass is 9.70. The van der Waals surface area contributed by atoms with Crippen molar-refractivity contribution in [1.82, 2.24) is 9.80 Å². The molecule has 5 heteroatoms. The molecule has 0 aromatic heterocycles. The third kappa shape index (κ3) is 3.49. The summed E-state index contributed by atoms with van der Waals surface area (Å²) in [4.78, 5) is 28.9. The van der Waals surface area contributed by atoms with E-state index in [0.717, 1.165) is 45.1 Å². The quantitative estimate of drug-likeness (QED) is 0.836. The molecule has 1 aromatic carbocycles. The van der Waals surface area contributed by atoms with Crippen LogP contribution < -0.4 is 0 Å². The Morgan fingerprint density at radius 3 is 2.74 bits per heavy atom. The number of hydrogen-bond donors (Lipinski definition) is 1. The number of benzene rings is 1. The third-order valence-corrected chi connectivity index (χ3v) is 6.87. The van der Waals surface area contributed by atoms with E-state index in [1.165, 1.54) is 5.56 Å². The van der Waals surface area contributed by atoms with Gasteiger partial charge in [-0.15, -0.1) is 0 Å². The Hall–Kier alpha value is -1.88. The van der Waals surface area contributed by atoms with E-state index in [1.807, 2.05) is 23.1 Å². The lowest BCUT2D eigenvalue weighted by Crippen LogP contribution is -2.45. The zero-order chi connectivity index (χ0) is 18.9. The molecule has 3 saturated heterocycles. The van der Waals surface area contributed by atoms with Crippen molar-refractivity contribution in [3.63, 3.8) is 0 Å². The van der Waals surface area contributed by atoms with E-state index >= 15 is 0 Å². The molecule has 27 heavy (non-hydrogen) atoms. The lowest BCUT2D eigenvalue weighted by Gasteiger charge is -2.36. The first-order valence-electron chi connectivity index (χ1n) is 10.4. The molecule has 0 saturated carbocycles. The van der Waals surface area contributed by atoms with Gasteiger partial charge in [0.2, 0.25) is 11.8 Å². The zero-order valence-electron chi connectivity index (χ0n) is 16.0. The fraction of sp³-hybridized carbons (Fsp3) is 0.636. The first-order chi connectivity index (χ1) is 13.1. The minimum Gasteiger partial charge on any atom is -0.396 e. The van der Waals surface area contributed by atoms with E-state index < -0.39 is 0 Å². The van der Waals surface area contributed by atoms with E-state index in [0.29, 0.717) is 19.4 Å². The van der Waals surface area contributed by atoms with Crippen molar-refractivity contribution in [2.75, 3.05) is 19.7 Å². The number of aliphatic hydroxyl groups is 1. The number of hydrogen-bond acceptors (Lipinski definition) is 3. The second kappa shape index (κ2) is 7.63. The summed E-state index contributed by atoms with van der Waals surface area (Å²) in [6, 6.07) is 10.7. The molecule has 0 unspecified atom stereocenters. The van der Waals surface area contributed by atoms with Gasteiger partial charge in [0, 0.05) is 43.4 Å². The van der Waals surface area contributed by atoms with Gasteiger partial charge < -0.3 is 14.9 Å². The molecule has 0 spiro atoms. The molecule has 0 aliphatic carbocycles. The molecule has 3 heterocycles. The Balaban J connectivity index is 1.43. The number of carbonyl (C=O) groups is 2. The van der Waals surface area contributed by atoms with E-state index in [-0.39, 0.29) is 35.9 Å². The first-order valence-corrected chi connectivity index (χ1v) is 10.4. The minimum absolute atomic E-state index is 0.122. The van der Waals surface area contributed by atoms with Gasteiger partial charge in [-0.25, -0.2) is 0 Å². The zero-order valence-corrected chi connectivity index (χ0v) is 16.0. The maximum absolute atomic E-state index is 13.0. The van der Waals surface area contributed by atoms with Crippen LogP contribution in [0.4, 0.5) is 0 Å². The van der Waals surface area contributed by atoms with Crippen molar-refractivity contribution in [3.05, 3.63) is 35.9 Å². The number of nitrogens with zero attached hydrogens (tertiary/aromatic N) is 2. The van der Waals surface area contributed by atoms with Gasteiger partial charge in [-0.2, -0.15) is 0 Å². The van der Waals surface area contributed by atoms with Gasteiger partial charge in [-0.05, 0) is 44.1 Å². The van der Waals surface area contributed by atoms with Crippen molar-refractivity contribution in [2.45, 2.75) is 63.5 Å². The summed E-state index contributed by atoms with van der Waals surface area (Å²) >= 11 is 0. The van der Waals surface area contributed by atoms with Crippen LogP contribution in [0, 0.1) is 5.41 Å². The molecule has 3 fully saturated rings. The van der Waals surface area contributed by atoms with Crippen LogP contribution in [-0.2, 0) is 16.0 Å². The van der Waals surface area contributed by atoms with Crippen LogP contribution >= 0.6 is 0 Å². The number of piperidine rings is 1. The first kappa shape index (κ1) is 18.5. The fourth-order valence-electron chi connectivity index (χ4n) is 5.54. The highest BCUT2D eigenvalue weighted by molar-refractivity contribution is 5.80. The molecule has 1 aromatic rings. The topological polar surface area (TPSA) is 60.9 Å². The smallest absolute Gasteiger partial charge is 0.224 e.